The molecule has 1 atom stereocenters. The molecule has 0 saturated heterocycles. The summed E-state index contributed by atoms with van der Waals surface area (Å²) in [7, 11) is 0. The monoisotopic (exact) mass is 151 g/mol. The summed E-state index contributed by atoms with van der Waals surface area (Å²) in [4.78, 5) is 4.12. The Morgan fingerprint density at radius 1 is 1.36 bits per heavy atom. The van der Waals surface area contributed by atoms with Crippen molar-refractivity contribution >= 4 is 6.21 Å². The number of hydrogen-bond acceptors (Lipinski definition) is 1. The van der Waals surface area contributed by atoms with Gasteiger partial charge < -0.3 is 0 Å². The average Bonchev–Trinajstić information content (AvgIpc) is 2.18. The van der Waals surface area contributed by atoms with Crippen molar-refractivity contribution in [2.45, 2.75) is 27.7 Å². The van der Waals surface area contributed by atoms with E-state index in [4.69, 9.17) is 0 Å². The van der Waals surface area contributed by atoms with E-state index in [1.54, 1.807) is 0 Å². The highest BCUT2D eigenvalue weighted by Gasteiger charge is 1.93. The van der Waals surface area contributed by atoms with Gasteiger partial charge >= 0.3 is 0 Å². The second-order valence-electron chi connectivity index (χ2n) is 2.33. The highest BCUT2D eigenvalue weighted by Crippen LogP contribution is 2.07. The molecule has 62 valence electrons. The lowest BCUT2D eigenvalue weighted by Crippen LogP contribution is -1.80. The lowest BCUT2D eigenvalue weighted by atomic mass is 10.1. The molecule has 1 heteroatoms. The topological polar surface area (TPSA) is 12.4 Å². The van der Waals surface area contributed by atoms with Gasteiger partial charge in [-0.25, -0.2) is 0 Å². The largest absolute Gasteiger partial charge is 0.262 e. The molecule has 0 amide bonds. The first-order chi connectivity index (χ1) is 5.29. The van der Waals surface area contributed by atoms with E-state index in [9.17, 15) is 0 Å². The predicted octanol–water partition coefficient (Wildman–Crippen LogP) is 3.19. The van der Waals surface area contributed by atoms with Crippen LogP contribution in [0.1, 0.15) is 27.7 Å². The summed E-state index contributed by atoms with van der Waals surface area (Å²) in [5, 5.41) is 0. The third kappa shape index (κ3) is 4.54. The number of allylic oxidation sites excluding steroid dienone is 4. The van der Waals surface area contributed by atoms with E-state index in [0.29, 0.717) is 5.92 Å². The van der Waals surface area contributed by atoms with E-state index in [1.807, 2.05) is 33.1 Å². The van der Waals surface area contributed by atoms with Crippen LogP contribution in [-0.4, -0.2) is 6.21 Å². The van der Waals surface area contributed by atoms with Crippen molar-refractivity contribution < 1.29 is 0 Å². The minimum absolute atomic E-state index is 0.535. The summed E-state index contributed by atoms with van der Waals surface area (Å²) in [5.74, 6) is 0.535. The van der Waals surface area contributed by atoms with Gasteiger partial charge in [0.15, 0.2) is 0 Å². The maximum absolute atomic E-state index is 4.12. The Morgan fingerprint density at radius 2 is 2.00 bits per heavy atom. The Kier molecular flexibility index (Phi) is 5.44. The lowest BCUT2D eigenvalue weighted by molar-refractivity contribution is 0.927. The summed E-state index contributed by atoms with van der Waals surface area (Å²) >= 11 is 0. The third-order valence-electron chi connectivity index (χ3n) is 1.28. The molecule has 11 heavy (non-hydrogen) atoms. The molecule has 0 aromatic heterocycles. The third-order valence-corrected chi connectivity index (χ3v) is 1.28. The Bertz CT molecular complexity index is 175. The van der Waals surface area contributed by atoms with Gasteiger partial charge in [-0.15, -0.1) is 0 Å². The second-order valence-corrected chi connectivity index (χ2v) is 2.33. The predicted molar refractivity (Wildman–Crippen MR) is 51.9 cm³/mol. The maximum Gasteiger partial charge on any atom is 0.0338 e. The molecule has 0 saturated carbocycles. The fraction of sp³-hybridized carbons (Fsp3) is 0.500. The van der Waals surface area contributed by atoms with Gasteiger partial charge in [-0.2, -0.15) is 0 Å². The molecule has 1 nitrogen and oxygen atoms in total. The normalized spacial score (nSPS) is 21.5. The van der Waals surface area contributed by atoms with E-state index in [-0.39, 0.29) is 0 Å². The summed E-state index contributed by atoms with van der Waals surface area (Å²) in [6, 6.07) is 0. The average molecular weight is 151 g/mol. The van der Waals surface area contributed by atoms with Gasteiger partial charge in [-0.1, -0.05) is 32.9 Å². The van der Waals surface area contributed by atoms with Crippen molar-refractivity contribution in [2.75, 3.05) is 0 Å². The Hall–Kier alpha value is -0.850. The van der Waals surface area contributed by atoms with Crippen molar-refractivity contribution in [1.82, 2.24) is 0 Å². The summed E-state index contributed by atoms with van der Waals surface area (Å²) in [6.45, 7) is 8.16. The Morgan fingerprint density at radius 3 is 2.64 bits per heavy atom. The van der Waals surface area contributed by atoms with E-state index in [2.05, 4.69) is 24.1 Å². The first kappa shape index (κ1) is 10.2. The van der Waals surface area contributed by atoms with Crippen molar-refractivity contribution in [3.63, 3.8) is 0 Å². The van der Waals surface area contributed by atoms with Crippen LogP contribution in [0, 0.1) is 5.92 Å². The summed E-state index contributed by atoms with van der Waals surface area (Å²) < 4.78 is 0. The van der Waals surface area contributed by atoms with Gasteiger partial charge in [0.25, 0.3) is 0 Å². The number of rotatable bonds is 0. The van der Waals surface area contributed by atoms with Gasteiger partial charge in [0, 0.05) is 11.9 Å². The van der Waals surface area contributed by atoms with Crippen molar-refractivity contribution in [3.8, 4) is 0 Å². The van der Waals surface area contributed by atoms with Crippen LogP contribution in [0.15, 0.2) is 28.9 Å². The lowest BCUT2D eigenvalue weighted by Gasteiger charge is -1.94. The molecule has 1 rings (SSSR count). The van der Waals surface area contributed by atoms with E-state index < -0.39 is 0 Å². The van der Waals surface area contributed by atoms with Crippen LogP contribution >= 0.6 is 0 Å². The minimum atomic E-state index is 0.535. The number of aliphatic imine (C=N–C) groups is 1. The standard InChI is InChI=1S/C8H11N.C2H6/c1-7-4-3-5-9-8(2)6-7;1-2/h3-7H,1-2H3;1-2H3. The fourth-order valence-corrected chi connectivity index (χ4v) is 0.865. The first-order valence-corrected chi connectivity index (χ1v) is 4.18. The molecule has 0 N–H and O–H groups in total. The maximum atomic E-state index is 4.12. The second kappa shape index (κ2) is 5.90. The fourth-order valence-electron chi connectivity index (χ4n) is 0.865. The van der Waals surface area contributed by atoms with Crippen LogP contribution in [0.4, 0.5) is 0 Å². The number of hydrogen-bond donors (Lipinski definition) is 0. The van der Waals surface area contributed by atoms with E-state index in [0.717, 1.165) is 5.70 Å². The zero-order valence-corrected chi connectivity index (χ0v) is 7.83. The SMILES string of the molecule is CC.CC1=CC(C)C=CC=N1. The van der Waals surface area contributed by atoms with Crippen LogP contribution in [-0.2, 0) is 0 Å². The molecule has 0 bridgehead atoms. The molecular formula is C10H17N. The quantitative estimate of drug-likeness (QED) is 0.504. The van der Waals surface area contributed by atoms with Crippen LogP contribution in [0.2, 0.25) is 0 Å². The zero-order chi connectivity index (χ0) is 8.69. The Balaban J connectivity index is 0.000000461. The van der Waals surface area contributed by atoms with Gasteiger partial charge in [-0.05, 0) is 18.9 Å². The van der Waals surface area contributed by atoms with Gasteiger partial charge in [0.1, 0.15) is 0 Å². The molecule has 0 spiro atoms. The molecule has 0 aromatic carbocycles. The molecule has 1 unspecified atom stereocenters. The smallest absolute Gasteiger partial charge is 0.0338 e. The van der Waals surface area contributed by atoms with Crippen LogP contribution in [0.3, 0.4) is 0 Å². The summed E-state index contributed by atoms with van der Waals surface area (Å²) in [5.41, 5.74) is 1.10. The van der Waals surface area contributed by atoms with Crippen molar-refractivity contribution in [1.29, 1.82) is 0 Å². The molecule has 1 aliphatic rings. The van der Waals surface area contributed by atoms with E-state index >= 15 is 0 Å². The van der Waals surface area contributed by atoms with Gasteiger partial charge in [0.05, 0.1) is 0 Å². The van der Waals surface area contributed by atoms with Gasteiger partial charge in [0.2, 0.25) is 0 Å². The molecule has 0 aliphatic carbocycles. The Labute approximate surface area is 69.5 Å². The first-order valence-electron chi connectivity index (χ1n) is 4.18. The molecule has 0 aromatic rings. The van der Waals surface area contributed by atoms with Crippen LogP contribution in [0.5, 0.6) is 0 Å². The molecule has 1 aliphatic heterocycles. The molecule has 0 radical (unpaired) electrons. The van der Waals surface area contributed by atoms with Gasteiger partial charge in [-0.3, -0.25) is 4.99 Å². The highest BCUT2D eigenvalue weighted by molar-refractivity contribution is 5.72. The highest BCUT2D eigenvalue weighted by atomic mass is 14.7. The number of nitrogens with zero attached hydrogens (tertiary/aromatic N) is 1. The molecule has 1 heterocycles. The van der Waals surface area contributed by atoms with Crippen molar-refractivity contribution in [2.24, 2.45) is 10.9 Å². The summed E-state index contributed by atoms with van der Waals surface area (Å²) in [6.07, 6.45) is 8.08. The molecule has 0 fully saturated rings. The zero-order valence-electron chi connectivity index (χ0n) is 7.83. The van der Waals surface area contributed by atoms with E-state index in [1.165, 1.54) is 0 Å². The van der Waals surface area contributed by atoms with Crippen LogP contribution < -0.4 is 0 Å². The minimum Gasteiger partial charge on any atom is -0.262 e. The molecular weight excluding hydrogens is 134 g/mol. The van der Waals surface area contributed by atoms with Crippen LogP contribution in [0.25, 0.3) is 0 Å². The van der Waals surface area contributed by atoms with Crippen molar-refractivity contribution in [3.05, 3.63) is 23.9 Å².